The summed E-state index contributed by atoms with van der Waals surface area (Å²) in [5, 5.41) is 14.3. The van der Waals surface area contributed by atoms with Crippen LogP contribution in [-0.4, -0.2) is 17.3 Å². The maximum Gasteiger partial charge on any atom is 0.123 e. The SMILES string of the molecule is O[C@]12CCCC[C@H]1[C@@H](c1ccc(F)cc1)NCC2. The van der Waals surface area contributed by atoms with Crippen molar-refractivity contribution in [3.8, 4) is 0 Å². The van der Waals surface area contributed by atoms with Crippen LogP contribution in [0.15, 0.2) is 24.3 Å². The second-order valence-electron chi connectivity index (χ2n) is 5.69. The summed E-state index contributed by atoms with van der Waals surface area (Å²) in [5.41, 5.74) is 0.587. The summed E-state index contributed by atoms with van der Waals surface area (Å²) < 4.78 is 13.0. The topological polar surface area (TPSA) is 32.3 Å². The Kier molecular flexibility index (Phi) is 3.12. The molecule has 2 fully saturated rings. The average molecular weight is 249 g/mol. The third-order valence-electron chi connectivity index (χ3n) is 4.62. The molecule has 1 aliphatic carbocycles. The van der Waals surface area contributed by atoms with Crippen LogP contribution in [0, 0.1) is 11.7 Å². The number of halogens is 1. The fourth-order valence-electron chi connectivity index (χ4n) is 3.64. The molecule has 98 valence electrons. The van der Waals surface area contributed by atoms with Gasteiger partial charge in [0.2, 0.25) is 0 Å². The Labute approximate surface area is 107 Å². The molecule has 2 aliphatic rings. The van der Waals surface area contributed by atoms with E-state index in [0.717, 1.165) is 37.8 Å². The van der Waals surface area contributed by atoms with Crippen LogP contribution in [0.3, 0.4) is 0 Å². The molecule has 1 heterocycles. The summed E-state index contributed by atoms with van der Waals surface area (Å²) >= 11 is 0. The van der Waals surface area contributed by atoms with Gasteiger partial charge in [0.25, 0.3) is 0 Å². The Bertz CT molecular complexity index is 415. The lowest BCUT2D eigenvalue weighted by Crippen LogP contribution is -2.53. The summed E-state index contributed by atoms with van der Waals surface area (Å²) in [6.07, 6.45) is 5.13. The number of hydrogen-bond donors (Lipinski definition) is 2. The van der Waals surface area contributed by atoms with Gasteiger partial charge in [0, 0.05) is 12.0 Å². The summed E-state index contributed by atoms with van der Waals surface area (Å²) in [7, 11) is 0. The summed E-state index contributed by atoms with van der Waals surface area (Å²) in [5.74, 6) is 0.0685. The molecule has 2 nitrogen and oxygen atoms in total. The lowest BCUT2D eigenvalue weighted by Gasteiger charge is -2.48. The molecule has 1 saturated heterocycles. The normalized spacial score (nSPS) is 36.1. The highest BCUT2D eigenvalue weighted by atomic mass is 19.1. The van der Waals surface area contributed by atoms with E-state index in [-0.39, 0.29) is 17.8 Å². The number of aliphatic hydroxyl groups is 1. The highest BCUT2D eigenvalue weighted by Crippen LogP contribution is 2.45. The van der Waals surface area contributed by atoms with Gasteiger partial charge in [0.15, 0.2) is 0 Å². The molecule has 1 saturated carbocycles. The van der Waals surface area contributed by atoms with Crippen LogP contribution >= 0.6 is 0 Å². The molecule has 2 N–H and O–H groups in total. The highest BCUT2D eigenvalue weighted by Gasteiger charge is 2.45. The standard InChI is InChI=1S/C15H20FNO/c16-12-6-4-11(5-7-12)14-13-3-1-2-8-15(13,18)9-10-17-14/h4-7,13-14,17-18H,1-3,8-10H2/t13-,14+,15-/m0/s1. The first kappa shape index (κ1) is 12.1. The number of hydrogen-bond acceptors (Lipinski definition) is 2. The van der Waals surface area contributed by atoms with Crippen LogP contribution < -0.4 is 5.32 Å². The molecule has 1 aliphatic heterocycles. The predicted octanol–water partition coefficient (Wildman–Crippen LogP) is 2.78. The van der Waals surface area contributed by atoms with Gasteiger partial charge >= 0.3 is 0 Å². The third-order valence-corrected chi connectivity index (χ3v) is 4.62. The Morgan fingerprint density at radius 1 is 1.17 bits per heavy atom. The second-order valence-corrected chi connectivity index (χ2v) is 5.69. The van der Waals surface area contributed by atoms with Crippen molar-refractivity contribution in [2.45, 2.75) is 43.7 Å². The quantitative estimate of drug-likeness (QED) is 0.802. The zero-order valence-electron chi connectivity index (χ0n) is 10.5. The van der Waals surface area contributed by atoms with Crippen molar-refractivity contribution in [2.24, 2.45) is 5.92 Å². The van der Waals surface area contributed by atoms with E-state index in [1.165, 1.54) is 18.6 Å². The van der Waals surface area contributed by atoms with Crippen molar-refractivity contribution in [1.82, 2.24) is 5.32 Å². The van der Waals surface area contributed by atoms with Gasteiger partial charge in [-0.2, -0.15) is 0 Å². The van der Waals surface area contributed by atoms with E-state index < -0.39 is 5.60 Å². The lowest BCUT2D eigenvalue weighted by atomic mass is 9.67. The van der Waals surface area contributed by atoms with Gasteiger partial charge in [-0.05, 0) is 43.5 Å². The molecule has 3 atom stereocenters. The molecular formula is C15H20FNO. The fourth-order valence-corrected chi connectivity index (χ4v) is 3.64. The third kappa shape index (κ3) is 2.06. The minimum absolute atomic E-state index is 0.171. The van der Waals surface area contributed by atoms with Crippen LogP contribution in [0.25, 0.3) is 0 Å². The van der Waals surface area contributed by atoms with Crippen molar-refractivity contribution in [3.63, 3.8) is 0 Å². The van der Waals surface area contributed by atoms with Gasteiger partial charge in [-0.25, -0.2) is 4.39 Å². The Hall–Kier alpha value is -0.930. The molecule has 0 unspecified atom stereocenters. The second kappa shape index (κ2) is 4.63. The Morgan fingerprint density at radius 2 is 1.94 bits per heavy atom. The summed E-state index contributed by atoms with van der Waals surface area (Å²) in [6.45, 7) is 0.842. The predicted molar refractivity (Wildman–Crippen MR) is 68.7 cm³/mol. The zero-order valence-corrected chi connectivity index (χ0v) is 10.5. The van der Waals surface area contributed by atoms with Crippen molar-refractivity contribution >= 4 is 0 Å². The maximum atomic E-state index is 13.0. The highest BCUT2D eigenvalue weighted by molar-refractivity contribution is 5.23. The largest absolute Gasteiger partial charge is 0.389 e. The van der Waals surface area contributed by atoms with Crippen molar-refractivity contribution < 1.29 is 9.50 Å². The molecule has 0 bridgehead atoms. The molecule has 18 heavy (non-hydrogen) atoms. The van der Waals surface area contributed by atoms with Crippen LogP contribution in [0.1, 0.15) is 43.7 Å². The number of rotatable bonds is 1. The van der Waals surface area contributed by atoms with Crippen LogP contribution in [-0.2, 0) is 0 Å². The van der Waals surface area contributed by atoms with E-state index in [1.54, 1.807) is 0 Å². The minimum atomic E-state index is -0.511. The van der Waals surface area contributed by atoms with Crippen LogP contribution in [0.4, 0.5) is 4.39 Å². The summed E-state index contributed by atoms with van der Waals surface area (Å²) in [4.78, 5) is 0. The van der Waals surface area contributed by atoms with E-state index in [9.17, 15) is 9.50 Å². The molecule has 0 spiro atoms. The monoisotopic (exact) mass is 249 g/mol. The number of benzene rings is 1. The van der Waals surface area contributed by atoms with Gasteiger partial charge in [0.05, 0.1) is 5.60 Å². The average Bonchev–Trinajstić information content (AvgIpc) is 2.38. The first-order valence-electron chi connectivity index (χ1n) is 6.90. The number of nitrogens with one attached hydrogen (secondary N) is 1. The first-order valence-corrected chi connectivity index (χ1v) is 6.90. The smallest absolute Gasteiger partial charge is 0.123 e. The number of piperidine rings is 1. The number of fused-ring (bicyclic) bond motifs is 1. The van der Waals surface area contributed by atoms with Gasteiger partial charge in [0.1, 0.15) is 5.82 Å². The van der Waals surface area contributed by atoms with Crippen LogP contribution in [0.5, 0.6) is 0 Å². The van der Waals surface area contributed by atoms with E-state index >= 15 is 0 Å². The zero-order chi connectivity index (χ0) is 12.6. The van der Waals surface area contributed by atoms with E-state index in [2.05, 4.69) is 5.32 Å². The molecule has 0 aromatic heterocycles. The van der Waals surface area contributed by atoms with Crippen LogP contribution in [0.2, 0.25) is 0 Å². The summed E-state index contributed by atoms with van der Waals surface area (Å²) in [6, 6.07) is 6.87. The maximum absolute atomic E-state index is 13.0. The van der Waals surface area contributed by atoms with Gasteiger partial charge in [-0.1, -0.05) is 25.0 Å². The van der Waals surface area contributed by atoms with E-state index in [1.807, 2.05) is 12.1 Å². The Morgan fingerprint density at radius 3 is 2.72 bits per heavy atom. The first-order chi connectivity index (χ1) is 8.69. The molecule has 1 aromatic carbocycles. The molecular weight excluding hydrogens is 229 g/mol. The molecule has 3 heteroatoms. The van der Waals surface area contributed by atoms with Gasteiger partial charge < -0.3 is 10.4 Å². The van der Waals surface area contributed by atoms with Gasteiger partial charge in [-0.15, -0.1) is 0 Å². The molecule has 0 amide bonds. The Balaban J connectivity index is 1.88. The van der Waals surface area contributed by atoms with Gasteiger partial charge in [-0.3, -0.25) is 0 Å². The van der Waals surface area contributed by atoms with E-state index in [0.29, 0.717) is 0 Å². The molecule has 1 aromatic rings. The van der Waals surface area contributed by atoms with Crippen molar-refractivity contribution in [2.75, 3.05) is 6.54 Å². The fraction of sp³-hybridized carbons (Fsp3) is 0.600. The minimum Gasteiger partial charge on any atom is -0.389 e. The molecule has 0 radical (unpaired) electrons. The lowest BCUT2D eigenvalue weighted by molar-refractivity contribution is -0.0861. The van der Waals surface area contributed by atoms with Crippen molar-refractivity contribution in [3.05, 3.63) is 35.6 Å². The van der Waals surface area contributed by atoms with Crippen molar-refractivity contribution in [1.29, 1.82) is 0 Å². The molecule has 3 rings (SSSR count). The van der Waals surface area contributed by atoms with E-state index in [4.69, 9.17) is 0 Å².